The average molecular weight is 276 g/mol. The molecule has 1 aromatic heterocycles. The maximum absolute atomic E-state index is 11.2. The van der Waals surface area contributed by atoms with Crippen molar-refractivity contribution in [1.29, 1.82) is 0 Å². The van der Waals surface area contributed by atoms with E-state index < -0.39 is 10.8 Å². The largest absolute Gasteiger partial charge is 0.467 e. The summed E-state index contributed by atoms with van der Waals surface area (Å²) in [5.74, 6) is 2.05. The normalized spacial score (nSPS) is 24.4. The fraction of sp³-hybridized carbons (Fsp3) is 0.600. The molecule has 17 heavy (non-hydrogen) atoms. The van der Waals surface area contributed by atoms with Crippen molar-refractivity contribution in [3.8, 4) is 6.01 Å². The first-order valence-electron chi connectivity index (χ1n) is 5.37. The van der Waals surface area contributed by atoms with Gasteiger partial charge in [-0.1, -0.05) is 11.6 Å². The van der Waals surface area contributed by atoms with Crippen LogP contribution in [0, 0.1) is 0 Å². The second-order valence-corrected chi connectivity index (χ2v) is 5.92. The first kappa shape index (κ1) is 12.6. The number of hydrogen-bond acceptors (Lipinski definition) is 5. The highest BCUT2D eigenvalue weighted by atomic mass is 35.5. The van der Waals surface area contributed by atoms with E-state index in [1.165, 1.54) is 13.3 Å². The van der Waals surface area contributed by atoms with E-state index in [0.717, 1.165) is 24.3 Å². The van der Waals surface area contributed by atoms with E-state index in [9.17, 15) is 4.21 Å². The van der Waals surface area contributed by atoms with Crippen LogP contribution in [0.2, 0.25) is 5.02 Å². The summed E-state index contributed by atoms with van der Waals surface area (Å²) in [6.45, 7) is 0. The van der Waals surface area contributed by atoms with Crippen molar-refractivity contribution >= 4 is 28.2 Å². The molecule has 0 saturated carbocycles. The lowest BCUT2D eigenvalue weighted by atomic mass is 10.1. The van der Waals surface area contributed by atoms with Gasteiger partial charge in [0.25, 0.3) is 0 Å². The zero-order valence-corrected chi connectivity index (χ0v) is 11.1. The highest BCUT2D eigenvalue weighted by Crippen LogP contribution is 2.23. The molecule has 1 N–H and O–H groups in total. The van der Waals surface area contributed by atoms with Gasteiger partial charge in [-0.2, -0.15) is 4.98 Å². The Bertz CT molecular complexity index is 420. The fourth-order valence-corrected chi connectivity index (χ4v) is 3.13. The highest BCUT2D eigenvalue weighted by molar-refractivity contribution is 7.85. The summed E-state index contributed by atoms with van der Waals surface area (Å²) in [5, 5.41) is 3.72. The van der Waals surface area contributed by atoms with Crippen molar-refractivity contribution in [2.24, 2.45) is 0 Å². The summed E-state index contributed by atoms with van der Waals surface area (Å²) < 4.78 is 16.2. The van der Waals surface area contributed by atoms with Crippen LogP contribution in [0.15, 0.2) is 6.20 Å². The maximum atomic E-state index is 11.2. The minimum Gasteiger partial charge on any atom is -0.467 e. The lowest BCUT2D eigenvalue weighted by Crippen LogP contribution is -2.29. The van der Waals surface area contributed by atoms with Crippen LogP contribution in [-0.2, 0) is 10.8 Å². The summed E-state index contributed by atoms with van der Waals surface area (Å²) in [4.78, 5) is 8.06. The van der Waals surface area contributed by atoms with E-state index in [2.05, 4.69) is 15.3 Å². The molecule has 1 aliphatic heterocycles. The molecule has 0 radical (unpaired) electrons. The third-order valence-electron chi connectivity index (χ3n) is 2.63. The second kappa shape index (κ2) is 5.64. The van der Waals surface area contributed by atoms with Gasteiger partial charge in [0.1, 0.15) is 5.02 Å². The van der Waals surface area contributed by atoms with E-state index in [0.29, 0.717) is 10.8 Å². The Morgan fingerprint density at radius 3 is 2.88 bits per heavy atom. The summed E-state index contributed by atoms with van der Waals surface area (Å²) in [6, 6.07) is 0.557. The molecule has 7 heteroatoms. The molecule has 0 amide bonds. The molecule has 1 saturated heterocycles. The zero-order valence-electron chi connectivity index (χ0n) is 9.48. The molecule has 0 atom stereocenters. The van der Waals surface area contributed by atoms with E-state index in [1.807, 2.05) is 0 Å². The number of ether oxygens (including phenoxy) is 1. The van der Waals surface area contributed by atoms with E-state index in [1.54, 1.807) is 0 Å². The molecule has 0 aliphatic carbocycles. The number of rotatable bonds is 3. The van der Waals surface area contributed by atoms with Crippen LogP contribution in [0.1, 0.15) is 12.8 Å². The van der Waals surface area contributed by atoms with Gasteiger partial charge >= 0.3 is 6.01 Å². The number of nitrogens with one attached hydrogen (secondary N) is 1. The van der Waals surface area contributed by atoms with Crippen molar-refractivity contribution in [3.05, 3.63) is 11.2 Å². The zero-order chi connectivity index (χ0) is 12.3. The van der Waals surface area contributed by atoms with Crippen molar-refractivity contribution < 1.29 is 8.95 Å². The molecule has 94 valence electrons. The topological polar surface area (TPSA) is 64.1 Å². The van der Waals surface area contributed by atoms with Crippen LogP contribution >= 0.6 is 11.6 Å². The molecule has 2 heterocycles. The molecule has 0 unspecified atom stereocenters. The molecule has 0 aromatic carbocycles. The van der Waals surface area contributed by atoms with Crippen LogP contribution in [0.5, 0.6) is 6.01 Å². The van der Waals surface area contributed by atoms with E-state index in [4.69, 9.17) is 16.3 Å². The first-order chi connectivity index (χ1) is 8.19. The van der Waals surface area contributed by atoms with E-state index >= 15 is 0 Å². The predicted octanol–water partition coefficient (Wildman–Crippen LogP) is 1.46. The third-order valence-corrected chi connectivity index (χ3v) is 4.29. The van der Waals surface area contributed by atoms with Gasteiger partial charge in [-0.3, -0.25) is 4.21 Å². The second-order valence-electron chi connectivity index (χ2n) is 3.82. The number of nitrogens with zero attached hydrogens (tertiary/aromatic N) is 2. The SMILES string of the molecule is COc1ncc(Cl)c(NC2CCS(=O)CC2)n1. The third kappa shape index (κ3) is 3.29. The van der Waals surface area contributed by atoms with Crippen molar-refractivity contribution in [1.82, 2.24) is 9.97 Å². The minimum absolute atomic E-state index is 0.268. The molecule has 0 spiro atoms. The number of aromatic nitrogens is 2. The monoisotopic (exact) mass is 275 g/mol. The van der Waals surface area contributed by atoms with Crippen LogP contribution in [0.25, 0.3) is 0 Å². The smallest absolute Gasteiger partial charge is 0.318 e. The highest BCUT2D eigenvalue weighted by Gasteiger charge is 2.19. The Hall–Kier alpha value is -0.880. The van der Waals surface area contributed by atoms with Gasteiger partial charge in [0.15, 0.2) is 5.82 Å². The summed E-state index contributed by atoms with van der Waals surface area (Å²) >= 11 is 6.00. The Morgan fingerprint density at radius 2 is 2.24 bits per heavy atom. The number of anilines is 1. The molecule has 1 fully saturated rings. The van der Waals surface area contributed by atoms with Gasteiger partial charge in [0.2, 0.25) is 0 Å². The molecular weight excluding hydrogens is 262 g/mol. The molecule has 0 bridgehead atoms. The van der Waals surface area contributed by atoms with Gasteiger partial charge in [-0.05, 0) is 12.8 Å². The van der Waals surface area contributed by atoms with Crippen molar-refractivity contribution in [2.45, 2.75) is 18.9 Å². The number of hydrogen-bond donors (Lipinski definition) is 1. The minimum atomic E-state index is -0.661. The van der Waals surface area contributed by atoms with Crippen LogP contribution in [0.4, 0.5) is 5.82 Å². The van der Waals surface area contributed by atoms with Crippen LogP contribution < -0.4 is 10.1 Å². The molecule has 5 nitrogen and oxygen atoms in total. The average Bonchev–Trinajstić information content (AvgIpc) is 2.35. The number of halogens is 1. The molecule has 1 aromatic rings. The van der Waals surface area contributed by atoms with Gasteiger partial charge in [-0.15, -0.1) is 0 Å². The standard InChI is InChI=1S/C10H14ClN3O2S/c1-16-10-12-6-8(11)9(14-10)13-7-2-4-17(15)5-3-7/h6-7H,2-5H2,1H3,(H,12,13,14). The molecule has 1 aliphatic rings. The lowest BCUT2D eigenvalue weighted by molar-refractivity contribution is 0.380. The Balaban J connectivity index is 2.04. The quantitative estimate of drug-likeness (QED) is 0.905. The lowest BCUT2D eigenvalue weighted by Gasteiger charge is -2.23. The fourth-order valence-electron chi connectivity index (χ4n) is 1.68. The van der Waals surface area contributed by atoms with Gasteiger partial charge in [0, 0.05) is 28.3 Å². The van der Waals surface area contributed by atoms with Gasteiger partial charge in [-0.25, -0.2) is 4.98 Å². The molecular formula is C10H14ClN3O2S. The Kier molecular flexibility index (Phi) is 4.17. The Morgan fingerprint density at radius 1 is 1.53 bits per heavy atom. The van der Waals surface area contributed by atoms with Gasteiger partial charge < -0.3 is 10.1 Å². The van der Waals surface area contributed by atoms with Crippen molar-refractivity contribution in [3.63, 3.8) is 0 Å². The summed E-state index contributed by atoms with van der Waals surface area (Å²) in [5.41, 5.74) is 0. The van der Waals surface area contributed by atoms with Crippen LogP contribution in [-0.4, -0.2) is 38.8 Å². The molecule has 2 rings (SSSR count). The first-order valence-corrected chi connectivity index (χ1v) is 7.23. The Labute approximate surface area is 107 Å². The predicted molar refractivity (Wildman–Crippen MR) is 68.1 cm³/mol. The van der Waals surface area contributed by atoms with Gasteiger partial charge in [0.05, 0.1) is 13.3 Å². The maximum Gasteiger partial charge on any atom is 0.318 e. The van der Waals surface area contributed by atoms with Crippen LogP contribution in [0.3, 0.4) is 0 Å². The van der Waals surface area contributed by atoms with E-state index in [-0.39, 0.29) is 12.1 Å². The van der Waals surface area contributed by atoms with Crippen molar-refractivity contribution in [2.75, 3.05) is 23.9 Å². The number of methoxy groups -OCH3 is 1. The summed E-state index contributed by atoms with van der Waals surface area (Å²) in [6.07, 6.45) is 3.25. The summed E-state index contributed by atoms with van der Waals surface area (Å²) in [7, 11) is 0.850.